The van der Waals surface area contributed by atoms with Crippen LogP contribution in [0.3, 0.4) is 0 Å². The number of fused-ring (bicyclic) bond motifs is 3. The summed E-state index contributed by atoms with van der Waals surface area (Å²) in [6.07, 6.45) is 5.44. The Morgan fingerprint density at radius 2 is 2.14 bits per heavy atom. The second-order valence-corrected chi connectivity index (χ2v) is 6.87. The maximum atomic E-state index is 12.5. The minimum Gasteiger partial charge on any atom is -0.508 e. The van der Waals surface area contributed by atoms with Crippen molar-refractivity contribution < 1.29 is 9.90 Å². The van der Waals surface area contributed by atoms with Crippen molar-refractivity contribution in [3.05, 3.63) is 34.9 Å². The van der Waals surface area contributed by atoms with Gasteiger partial charge in [0.25, 0.3) is 0 Å². The summed E-state index contributed by atoms with van der Waals surface area (Å²) < 4.78 is 0. The second-order valence-electron chi connectivity index (χ2n) is 6.87. The van der Waals surface area contributed by atoms with E-state index in [4.69, 9.17) is 0 Å². The molecular weight excluding hydrogens is 260 g/mol. The number of hydrogen-bond donors (Lipinski definition) is 1. The highest BCUT2D eigenvalue weighted by Gasteiger charge is 2.47. The number of Topliss-reactive ketones (excluding diaryl/α,β-unsaturated/α-hetero) is 1. The van der Waals surface area contributed by atoms with Crippen molar-refractivity contribution in [1.29, 1.82) is 0 Å². The van der Waals surface area contributed by atoms with Crippen molar-refractivity contribution in [2.75, 3.05) is 0 Å². The van der Waals surface area contributed by atoms with E-state index < -0.39 is 0 Å². The fraction of sp³-hybridized carbons (Fsp3) is 0.526. The lowest BCUT2D eigenvalue weighted by Crippen LogP contribution is -2.33. The standard InChI is InChI=1S/C19H24O2/c1-4-5-8-19-10-12(2)18(21)13(3)17(19)16-7-6-15(20)9-14(16)11-19/h6-7,9,12,20H,4-5,8,10-11H2,1-3H3. The first-order chi connectivity index (χ1) is 9.98. The predicted molar refractivity (Wildman–Crippen MR) is 85.2 cm³/mol. The molecule has 2 aliphatic rings. The summed E-state index contributed by atoms with van der Waals surface area (Å²) in [5, 5.41) is 9.78. The highest BCUT2D eigenvalue weighted by molar-refractivity contribution is 6.07. The van der Waals surface area contributed by atoms with Crippen LogP contribution in [0.4, 0.5) is 0 Å². The number of rotatable bonds is 3. The van der Waals surface area contributed by atoms with Crippen LogP contribution in [0.15, 0.2) is 23.8 Å². The molecule has 0 heterocycles. The Morgan fingerprint density at radius 3 is 2.86 bits per heavy atom. The molecule has 3 rings (SSSR count). The van der Waals surface area contributed by atoms with Crippen LogP contribution >= 0.6 is 0 Å². The van der Waals surface area contributed by atoms with Gasteiger partial charge in [-0.3, -0.25) is 4.79 Å². The van der Waals surface area contributed by atoms with Crippen molar-refractivity contribution in [3.8, 4) is 5.75 Å². The number of benzene rings is 1. The average molecular weight is 284 g/mol. The van der Waals surface area contributed by atoms with Gasteiger partial charge in [-0.05, 0) is 60.6 Å². The first-order valence-corrected chi connectivity index (χ1v) is 8.06. The smallest absolute Gasteiger partial charge is 0.161 e. The van der Waals surface area contributed by atoms with Gasteiger partial charge in [-0.2, -0.15) is 0 Å². The van der Waals surface area contributed by atoms with Crippen LogP contribution in [0.25, 0.3) is 5.57 Å². The van der Waals surface area contributed by atoms with Gasteiger partial charge < -0.3 is 5.11 Å². The summed E-state index contributed by atoms with van der Waals surface area (Å²) in [6, 6.07) is 5.63. The third kappa shape index (κ3) is 2.12. The highest BCUT2D eigenvalue weighted by Crippen LogP contribution is 2.57. The topological polar surface area (TPSA) is 37.3 Å². The lowest BCUT2D eigenvalue weighted by Gasteiger charge is -2.38. The van der Waals surface area contributed by atoms with E-state index in [-0.39, 0.29) is 11.3 Å². The summed E-state index contributed by atoms with van der Waals surface area (Å²) in [5.74, 6) is 0.752. The zero-order valence-corrected chi connectivity index (χ0v) is 13.2. The Morgan fingerprint density at radius 1 is 1.38 bits per heavy atom. The van der Waals surface area contributed by atoms with Crippen molar-refractivity contribution in [2.45, 2.75) is 52.9 Å². The van der Waals surface area contributed by atoms with E-state index in [1.165, 1.54) is 29.5 Å². The molecule has 0 radical (unpaired) electrons. The lowest BCUT2D eigenvalue weighted by molar-refractivity contribution is -0.120. The number of carbonyl (C=O) groups excluding carboxylic acids is 1. The van der Waals surface area contributed by atoms with Gasteiger partial charge in [0.2, 0.25) is 0 Å². The molecule has 1 aromatic rings. The normalized spacial score (nSPS) is 27.8. The van der Waals surface area contributed by atoms with E-state index in [0.717, 1.165) is 24.8 Å². The lowest BCUT2D eigenvalue weighted by atomic mass is 9.64. The number of unbranched alkanes of at least 4 members (excludes halogenated alkanes) is 1. The number of aromatic hydroxyl groups is 1. The number of phenolic OH excluding ortho intramolecular Hbond substituents is 1. The Labute approximate surface area is 126 Å². The molecular formula is C19H24O2. The molecule has 0 fully saturated rings. The van der Waals surface area contributed by atoms with Crippen LogP contribution < -0.4 is 0 Å². The maximum Gasteiger partial charge on any atom is 0.161 e. The molecule has 2 heteroatoms. The molecule has 0 spiro atoms. The molecule has 0 saturated carbocycles. The summed E-state index contributed by atoms with van der Waals surface area (Å²) in [7, 11) is 0. The van der Waals surface area contributed by atoms with E-state index in [1.54, 1.807) is 6.07 Å². The average Bonchev–Trinajstić information content (AvgIpc) is 2.76. The molecule has 0 saturated heterocycles. The van der Waals surface area contributed by atoms with Crippen LogP contribution in [-0.4, -0.2) is 10.9 Å². The van der Waals surface area contributed by atoms with Crippen LogP contribution in [0.2, 0.25) is 0 Å². The first kappa shape index (κ1) is 14.4. The molecule has 0 aliphatic heterocycles. The molecule has 0 bridgehead atoms. The van der Waals surface area contributed by atoms with Gasteiger partial charge in [0.1, 0.15) is 5.75 Å². The van der Waals surface area contributed by atoms with Crippen molar-refractivity contribution in [1.82, 2.24) is 0 Å². The largest absolute Gasteiger partial charge is 0.508 e. The minimum atomic E-state index is 0.115. The van der Waals surface area contributed by atoms with Gasteiger partial charge >= 0.3 is 0 Å². The number of carbonyl (C=O) groups is 1. The summed E-state index contributed by atoms with van der Waals surface area (Å²) >= 11 is 0. The molecule has 0 aromatic heterocycles. The molecule has 2 atom stereocenters. The Balaban J connectivity index is 2.17. The minimum absolute atomic E-state index is 0.115. The zero-order valence-electron chi connectivity index (χ0n) is 13.2. The predicted octanol–water partition coefficient (Wildman–Crippen LogP) is 4.51. The number of hydrogen-bond acceptors (Lipinski definition) is 2. The Kier molecular flexibility index (Phi) is 3.43. The van der Waals surface area contributed by atoms with Crippen molar-refractivity contribution >= 4 is 11.4 Å². The molecule has 112 valence electrons. The van der Waals surface area contributed by atoms with Gasteiger partial charge in [-0.15, -0.1) is 0 Å². The van der Waals surface area contributed by atoms with Crippen molar-refractivity contribution in [2.24, 2.45) is 11.3 Å². The van der Waals surface area contributed by atoms with Gasteiger partial charge in [0, 0.05) is 11.3 Å². The first-order valence-electron chi connectivity index (χ1n) is 8.06. The van der Waals surface area contributed by atoms with Crippen LogP contribution in [-0.2, 0) is 11.2 Å². The van der Waals surface area contributed by atoms with E-state index in [1.807, 2.05) is 19.1 Å². The third-order valence-electron chi connectivity index (χ3n) is 5.32. The van der Waals surface area contributed by atoms with Gasteiger partial charge in [-0.25, -0.2) is 0 Å². The van der Waals surface area contributed by atoms with E-state index in [0.29, 0.717) is 11.5 Å². The fourth-order valence-corrected chi connectivity index (χ4v) is 4.49. The van der Waals surface area contributed by atoms with Crippen LogP contribution in [0.1, 0.15) is 57.6 Å². The monoisotopic (exact) mass is 284 g/mol. The zero-order chi connectivity index (χ0) is 15.2. The molecule has 21 heavy (non-hydrogen) atoms. The highest BCUT2D eigenvalue weighted by atomic mass is 16.3. The number of ketones is 1. The maximum absolute atomic E-state index is 12.5. The number of allylic oxidation sites excluding steroid dienone is 2. The van der Waals surface area contributed by atoms with Gasteiger partial charge in [-0.1, -0.05) is 32.8 Å². The Hall–Kier alpha value is -1.57. The van der Waals surface area contributed by atoms with Gasteiger partial charge in [0.05, 0.1) is 0 Å². The SMILES string of the molecule is CCCCC12Cc3cc(O)ccc3C1=C(C)C(=O)C(C)C2. The van der Waals surface area contributed by atoms with Crippen molar-refractivity contribution in [3.63, 3.8) is 0 Å². The van der Waals surface area contributed by atoms with Crippen LogP contribution in [0, 0.1) is 11.3 Å². The summed E-state index contributed by atoms with van der Waals surface area (Å²) in [5.41, 5.74) is 4.75. The van der Waals surface area contributed by atoms with Gasteiger partial charge in [0.15, 0.2) is 5.78 Å². The quantitative estimate of drug-likeness (QED) is 0.887. The fourth-order valence-electron chi connectivity index (χ4n) is 4.49. The van der Waals surface area contributed by atoms with E-state index in [9.17, 15) is 9.90 Å². The van der Waals surface area contributed by atoms with E-state index >= 15 is 0 Å². The molecule has 2 aliphatic carbocycles. The summed E-state index contributed by atoms with van der Waals surface area (Å²) in [6.45, 7) is 6.28. The van der Waals surface area contributed by atoms with Crippen LogP contribution in [0.5, 0.6) is 5.75 Å². The third-order valence-corrected chi connectivity index (χ3v) is 5.32. The van der Waals surface area contributed by atoms with E-state index in [2.05, 4.69) is 13.8 Å². The molecule has 2 nitrogen and oxygen atoms in total. The number of phenols is 1. The molecule has 0 amide bonds. The molecule has 1 N–H and O–H groups in total. The second kappa shape index (κ2) is 5.01. The summed E-state index contributed by atoms with van der Waals surface area (Å²) in [4.78, 5) is 12.5. The molecule has 2 unspecified atom stereocenters. The Bertz CT molecular complexity index is 626. The molecule has 1 aromatic carbocycles.